The Morgan fingerprint density at radius 3 is 2.12 bits per heavy atom. The monoisotopic (exact) mass is 366 g/mol. The van der Waals surface area contributed by atoms with E-state index in [-0.39, 0.29) is 23.7 Å². The molecule has 2 amide bonds. The van der Waals surface area contributed by atoms with Crippen LogP contribution in [0.3, 0.4) is 0 Å². The summed E-state index contributed by atoms with van der Waals surface area (Å²) in [6.45, 7) is 12.7. The summed E-state index contributed by atoms with van der Waals surface area (Å²) in [5.74, 6) is 1.80. The van der Waals surface area contributed by atoms with E-state index in [1.54, 1.807) is 4.90 Å². The molecule has 1 aliphatic carbocycles. The summed E-state index contributed by atoms with van der Waals surface area (Å²) in [4.78, 5) is 26.8. The molecule has 0 spiro atoms. The summed E-state index contributed by atoms with van der Waals surface area (Å²) < 4.78 is 0. The Morgan fingerprint density at radius 2 is 1.54 bits per heavy atom. The third-order valence-corrected chi connectivity index (χ3v) is 6.39. The first-order chi connectivity index (χ1) is 12.4. The van der Waals surface area contributed by atoms with Crippen LogP contribution in [0, 0.1) is 23.7 Å². The highest BCUT2D eigenvalue weighted by Crippen LogP contribution is 2.28. The lowest BCUT2D eigenvalue weighted by atomic mass is 9.82. The van der Waals surface area contributed by atoms with Gasteiger partial charge in [-0.25, -0.2) is 0 Å². The largest absolute Gasteiger partial charge is 0.349 e. The molecule has 150 valence electrons. The molecule has 0 aromatic heterocycles. The number of nitrogens with one attached hydrogen (secondary N) is 3. The Morgan fingerprint density at radius 1 is 0.962 bits per heavy atom. The summed E-state index contributed by atoms with van der Waals surface area (Å²) in [6, 6.07) is -0.418. The van der Waals surface area contributed by atoms with Crippen molar-refractivity contribution in [3.63, 3.8) is 0 Å². The van der Waals surface area contributed by atoms with E-state index >= 15 is 0 Å². The fraction of sp³-hybridized carbons (Fsp3) is 0.905. The van der Waals surface area contributed by atoms with E-state index in [1.807, 2.05) is 13.8 Å². The van der Waals surface area contributed by atoms with Gasteiger partial charge in [-0.2, -0.15) is 0 Å². The number of carbonyl (C=O) groups excluding carboxylic acids is 2. The fourth-order valence-electron chi connectivity index (χ4n) is 4.22. The Hall–Kier alpha value is -1.10. The number of hydrogen-bond donors (Lipinski definition) is 3. The average molecular weight is 367 g/mol. The van der Waals surface area contributed by atoms with Gasteiger partial charge in [0.05, 0.1) is 26.2 Å². The van der Waals surface area contributed by atoms with Gasteiger partial charge in [0.1, 0.15) is 6.04 Å². The van der Waals surface area contributed by atoms with Gasteiger partial charge in [0.25, 0.3) is 0 Å². The fourth-order valence-corrected chi connectivity index (χ4v) is 4.22. The van der Waals surface area contributed by atoms with Crippen molar-refractivity contribution in [2.75, 3.05) is 26.2 Å². The molecule has 2 fully saturated rings. The summed E-state index contributed by atoms with van der Waals surface area (Å²) >= 11 is 0. The number of rotatable bonds is 7. The van der Waals surface area contributed by atoms with Crippen molar-refractivity contribution in [2.24, 2.45) is 23.7 Å². The minimum Gasteiger partial charge on any atom is -0.349 e. The molecule has 0 aromatic rings. The molecule has 5 nitrogen and oxygen atoms in total. The minimum absolute atomic E-state index is 0.0256. The van der Waals surface area contributed by atoms with E-state index in [9.17, 15) is 9.59 Å². The van der Waals surface area contributed by atoms with Crippen molar-refractivity contribution in [3.8, 4) is 0 Å². The standard InChI is InChI=1S/C21H39N3O2/c1-15(2)19(23-20(25)18-7-5-16(3)6-8-18)21(26)22-11-14-24-12-9-17(4)10-13-24/h15-19H,5-14H2,1-4H3,(H,22,26)(H,23,25)/p+1/t16?,18?,19-/m1/s1. The normalized spacial score (nSPS) is 30.7. The highest BCUT2D eigenvalue weighted by molar-refractivity contribution is 5.88. The first-order valence-corrected chi connectivity index (χ1v) is 10.8. The number of amides is 2. The third-order valence-electron chi connectivity index (χ3n) is 6.39. The van der Waals surface area contributed by atoms with Crippen LogP contribution in [0.2, 0.25) is 0 Å². The topological polar surface area (TPSA) is 62.6 Å². The molecule has 0 bridgehead atoms. The van der Waals surface area contributed by atoms with Crippen molar-refractivity contribution in [2.45, 2.75) is 72.3 Å². The molecule has 0 unspecified atom stereocenters. The molecular formula is C21H40N3O2+. The molecule has 1 saturated heterocycles. The molecule has 2 aliphatic rings. The average Bonchev–Trinajstić information content (AvgIpc) is 2.61. The molecule has 5 heteroatoms. The maximum atomic E-state index is 12.6. The van der Waals surface area contributed by atoms with Crippen molar-refractivity contribution < 1.29 is 14.5 Å². The molecule has 0 radical (unpaired) electrons. The van der Waals surface area contributed by atoms with Crippen molar-refractivity contribution in [1.82, 2.24) is 10.6 Å². The number of piperidine rings is 1. The van der Waals surface area contributed by atoms with Crippen LogP contribution in [-0.2, 0) is 9.59 Å². The molecule has 1 atom stereocenters. The van der Waals surface area contributed by atoms with Gasteiger partial charge in [-0.1, -0.05) is 27.7 Å². The van der Waals surface area contributed by atoms with E-state index in [2.05, 4.69) is 24.5 Å². The molecule has 26 heavy (non-hydrogen) atoms. The lowest BCUT2D eigenvalue weighted by molar-refractivity contribution is -0.904. The Bertz CT molecular complexity index is 450. The quantitative estimate of drug-likeness (QED) is 0.637. The molecule has 0 aromatic carbocycles. The van der Waals surface area contributed by atoms with Gasteiger partial charge in [0, 0.05) is 5.92 Å². The second kappa shape index (κ2) is 10.3. The van der Waals surface area contributed by atoms with E-state index in [4.69, 9.17) is 0 Å². The van der Waals surface area contributed by atoms with Gasteiger partial charge in [0.15, 0.2) is 0 Å². The first kappa shape index (κ1) is 21.2. The second-order valence-corrected chi connectivity index (χ2v) is 9.16. The molecule has 1 saturated carbocycles. The summed E-state index contributed by atoms with van der Waals surface area (Å²) in [6.07, 6.45) is 6.72. The minimum atomic E-state index is -0.418. The predicted octanol–water partition coefficient (Wildman–Crippen LogP) is 1.38. The number of carbonyl (C=O) groups is 2. The van der Waals surface area contributed by atoms with E-state index in [1.165, 1.54) is 25.9 Å². The van der Waals surface area contributed by atoms with Crippen LogP contribution in [-0.4, -0.2) is 44.0 Å². The molecule has 1 heterocycles. The molecule has 2 rings (SSSR count). The SMILES string of the molecule is CC1CCC(C(=O)N[C@@H](C(=O)NCC[NH+]2CCC(C)CC2)C(C)C)CC1. The Balaban J connectivity index is 1.74. The lowest BCUT2D eigenvalue weighted by Crippen LogP contribution is -3.13. The van der Waals surface area contributed by atoms with Crippen molar-refractivity contribution >= 4 is 11.8 Å². The van der Waals surface area contributed by atoms with Crippen LogP contribution in [0.5, 0.6) is 0 Å². The zero-order chi connectivity index (χ0) is 19.1. The zero-order valence-electron chi connectivity index (χ0n) is 17.3. The Kier molecular flexibility index (Phi) is 8.39. The summed E-state index contributed by atoms with van der Waals surface area (Å²) in [5, 5.41) is 6.10. The number of likely N-dealkylation sites (tertiary alicyclic amines) is 1. The maximum absolute atomic E-state index is 12.6. The molecular weight excluding hydrogens is 326 g/mol. The van der Waals surface area contributed by atoms with Crippen molar-refractivity contribution in [3.05, 3.63) is 0 Å². The van der Waals surface area contributed by atoms with Crippen LogP contribution < -0.4 is 15.5 Å². The first-order valence-electron chi connectivity index (χ1n) is 10.8. The van der Waals surface area contributed by atoms with Crippen molar-refractivity contribution in [1.29, 1.82) is 0 Å². The molecule has 1 aliphatic heterocycles. The van der Waals surface area contributed by atoms with Gasteiger partial charge in [-0.05, 0) is 56.3 Å². The van der Waals surface area contributed by atoms with Crippen LogP contribution >= 0.6 is 0 Å². The van der Waals surface area contributed by atoms with Gasteiger partial charge in [0.2, 0.25) is 11.8 Å². The number of quaternary nitrogens is 1. The van der Waals surface area contributed by atoms with E-state index in [0.717, 1.165) is 44.1 Å². The number of hydrogen-bond acceptors (Lipinski definition) is 2. The predicted molar refractivity (Wildman–Crippen MR) is 105 cm³/mol. The highest BCUT2D eigenvalue weighted by Gasteiger charge is 2.30. The summed E-state index contributed by atoms with van der Waals surface area (Å²) in [5.41, 5.74) is 0. The van der Waals surface area contributed by atoms with Gasteiger partial charge < -0.3 is 15.5 Å². The van der Waals surface area contributed by atoms with Crippen LogP contribution in [0.15, 0.2) is 0 Å². The second-order valence-electron chi connectivity index (χ2n) is 9.16. The summed E-state index contributed by atoms with van der Waals surface area (Å²) in [7, 11) is 0. The highest BCUT2D eigenvalue weighted by atomic mass is 16.2. The third kappa shape index (κ3) is 6.57. The maximum Gasteiger partial charge on any atom is 0.243 e. The Labute approximate surface area is 159 Å². The lowest BCUT2D eigenvalue weighted by Gasteiger charge is -2.29. The van der Waals surface area contributed by atoms with Gasteiger partial charge >= 0.3 is 0 Å². The van der Waals surface area contributed by atoms with Crippen LogP contribution in [0.25, 0.3) is 0 Å². The zero-order valence-corrected chi connectivity index (χ0v) is 17.3. The van der Waals surface area contributed by atoms with E-state index in [0.29, 0.717) is 6.54 Å². The molecule has 3 N–H and O–H groups in total. The van der Waals surface area contributed by atoms with Crippen LogP contribution in [0.1, 0.15) is 66.2 Å². The van der Waals surface area contributed by atoms with E-state index < -0.39 is 6.04 Å². The van der Waals surface area contributed by atoms with Crippen LogP contribution in [0.4, 0.5) is 0 Å². The van der Waals surface area contributed by atoms with Gasteiger partial charge in [-0.3, -0.25) is 9.59 Å². The van der Waals surface area contributed by atoms with Gasteiger partial charge in [-0.15, -0.1) is 0 Å². The smallest absolute Gasteiger partial charge is 0.243 e.